The Morgan fingerprint density at radius 2 is 1.88 bits per heavy atom. The predicted molar refractivity (Wildman–Crippen MR) is 65.9 cm³/mol. The monoisotopic (exact) mass is 233 g/mol. The second-order valence-corrected chi connectivity index (χ2v) is 4.24. The molecule has 90 valence electrons. The van der Waals surface area contributed by atoms with Crippen LogP contribution in [0.3, 0.4) is 0 Å². The molecular formula is C14H16FNO. The Kier molecular flexibility index (Phi) is 3.91. The molecule has 0 N–H and O–H groups in total. The lowest BCUT2D eigenvalue weighted by molar-refractivity contribution is -0.126. The largest absolute Gasteiger partial charge is 0.339 e. The zero-order chi connectivity index (χ0) is 12.1. The first-order valence-electron chi connectivity index (χ1n) is 5.99. The van der Waals surface area contributed by atoms with Crippen LogP contribution < -0.4 is 0 Å². The van der Waals surface area contributed by atoms with Crippen molar-refractivity contribution in [1.82, 2.24) is 4.90 Å². The molecule has 0 atom stereocenters. The molecule has 0 spiro atoms. The lowest BCUT2D eigenvalue weighted by Crippen LogP contribution is -2.34. The molecule has 17 heavy (non-hydrogen) atoms. The molecule has 3 heteroatoms. The highest BCUT2D eigenvalue weighted by molar-refractivity contribution is 5.91. The van der Waals surface area contributed by atoms with E-state index in [0.717, 1.165) is 25.9 Å². The Bertz CT molecular complexity index is 422. The third-order valence-corrected chi connectivity index (χ3v) is 2.98. The van der Waals surface area contributed by atoms with E-state index in [1.165, 1.54) is 18.6 Å². The van der Waals surface area contributed by atoms with Crippen LogP contribution in [-0.4, -0.2) is 23.9 Å². The summed E-state index contributed by atoms with van der Waals surface area (Å²) < 4.78 is 13.3. The van der Waals surface area contributed by atoms with Gasteiger partial charge < -0.3 is 4.90 Å². The molecule has 1 aromatic rings. The minimum absolute atomic E-state index is 0.0204. The standard InChI is InChI=1S/C14H16FNO/c15-13-7-3-2-6-12(13)8-9-14(17)16-10-4-1-5-11-16/h2-3,6-9H,1,4-5,10-11H2/b9-8+. The van der Waals surface area contributed by atoms with Crippen molar-refractivity contribution in [3.63, 3.8) is 0 Å². The lowest BCUT2D eigenvalue weighted by Gasteiger charge is -2.25. The van der Waals surface area contributed by atoms with Crippen molar-refractivity contribution < 1.29 is 9.18 Å². The fourth-order valence-corrected chi connectivity index (χ4v) is 1.99. The molecule has 0 saturated carbocycles. The van der Waals surface area contributed by atoms with Gasteiger partial charge in [0.1, 0.15) is 5.82 Å². The second kappa shape index (κ2) is 5.62. The van der Waals surface area contributed by atoms with E-state index in [2.05, 4.69) is 0 Å². The van der Waals surface area contributed by atoms with Gasteiger partial charge in [0.05, 0.1) is 0 Å². The molecule has 1 saturated heterocycles. The van der Waals surface area contributed by atoms with Gasteiger partial charge in [-0.05, 0) is 31.4 Å². The Morgan fingerprint density at radius 1 is 1.18 bits per heavy atom. The molecule has 2 nitrogen and oxygen atoms in total. The first kappa shape index (κ1) is 11.8. The Balaban J connectivity index is 2.00. The number of nitrogens with zero attached hydrogens (tertiary/aromatic N) is 1. The summed E-state index contributed by atoms with van der Waals surface area (Å²) in [5.41, 5.74) is 0.456. The van der Waals surface area contributed by atoms with Crippen molar-refractivity contribution in [2.24, 2.45) is 0 Å². The summed E-state index contributed by atoms with van der Waals surface area (Å²) in [5.74, 6) is -0.317. The number of carbonyl (C=O) groups excluding carboxylic acids is 1. The highest BCUT2D eigenvalue weighted by atomic mass is 19.1. The van der Waals surface area contributed by atoms with Crippen LogP contribution in [0.15, 0.2) is 30.3 Å². The Hall–Kier alpha value is -1.64. The van der Waals surface area contributed by atoms with E-state index in [1.807, 2.05) is 4.90 Å². The third-order valence-electron chi connectivity index (χ3n) is 2.98. The van der Waals surface area contributed by atoms with Crippen molar-refractivity contribution in [3.05, 3.63) is 41.7 Å². The number of amides is 1. The van der Waals surface area contributed by atoms with Gasteiger partial charge in [-0.3, -0.25) is 4.79 Å². The zero-order valence-corrected chi connectivity index (χ0v) is 9.73. The van der Waals surface area contributed by atoms with E-state index in [4.69, 9.17) is 0 Å². The van der Waals surface area contributed by atoms with E-state index < -0.39 is 0 Å². The number of benzene rings is 1. The van der Waals surface area contributed by atoms with E-state index in [1.54, 1.807) is 24.3 Å². The molecule has 1 heterocycles. The molecule has 0 unspecified atom stereocenters. The molecule has 1 fully saturated rings. The zero-order valence-electron chi connectivity index (χ0n) is 9.73. The fraction of sp³-hybridized carbons (Fsp3) is 0.357. The summed E-state index contributed by atoms with van der Waals surface area (Å²) in [6.45, 7) is 1.64. The first-order chi connectivity index (χ1) is 8.27. The molecule has 1 aliphatic heterocycles. The topological polar surface area (TPSA) is 20.3 Å². The summed E-state index contributed by atoms with van der Waals surface area (Å²) in [6, 6.07) is 6.45. The van der Waals surface area contributed by atoms with Crippen LogP contribution in [0.1, 0.15) is 24.8 Å². The van der Waals surface area contributed by atoms with Gasteiger partial charge in [-0.2, -0.15) is 0 Å². The van der Waals surface area contributed by atoms with Crippen molar-refractivity contribution in [3.8, 4) is 0 Å². The molecule has 1 aliphatic rings. The van der Waals surface area contributed by atoms with Gasteiger partial charge in [-0.15, -0.1) is 0 Å². The van der Waals surface area contributed by atoms with Gasteiger partial charge in [0, 0.05) is 24.7 Å². The molecule has 2 rings (SSSR count). The number of piperidine rings is 1. The van der Waals surface area contributed by atoms with Gasteiger partial charge >= 0.3 is 0 Å². The average molecular weight is 233 g/mol. The van der Waals surface area contributed by atoms with Crippen LogP contribution in [-0.2, 0) is 4.79 Å². The Morgan fingerprint density at radius 3 is 2.59 bits per heavy atom. The average Bonchev–Trinajstić information content (AvgIpc) is 2.38. The number of halogens is 1. The van der Waals surface area contributed by atoms with Crippen LogP contribution in [0.4, 0.5) is 4.39 Å². The maximum atomic E-state index is 13.3. The summed E-state index contributed by atoms with van der Waals surface area (Å²) >= 11 is 0. The van der Waals surface area contributed by atoms with Crippen LogP contribution in [0.25, 0.3) is 6.08 Å². The predicted octanol–water partition coefficient (Wildman–Crippen LogP) is 2.85. The highest BCUT2D eigenvalue weighted by Gasteiger charge is 2.13. The minimum atomic E-state index is -0.296. The van der Waals surface area contributed by atoms with Crippen LogP contribution in [0.2, 0.25) is 0 Å². The Labute approximate surface area is 101 Å². The molecule has 0 aliphatic carbocycles. The van der Waals surface area contributed by atoms with Gasteiger partial charge in [0.25, 0.3) is 0 Å². The fourth-order valence-electron chi connectivity index (χ4n) is 1.99. The maximum absolute atomic E-state index is 13.3. The van der Waals surface area contributed by atoms with E-state index in [0.29, 0.717) is 5.56 Å². The van der Waals surface area contributed by atoms with Crippen LogP contribution in [0.5, 0.6) is 0 Å². The molecule has 0 aromatic heterocycles. The maximum Gasteiger partial charge on any atom is 0.246 e. The van der Waals surface area contributed by atoms with Gasteiger partial charge in [-0.1, -0.05) is 18.2 Å². The minimum Gasteiger partial charge on any atom is -0.339 e. The first-order valence-corrected chi connectivity index (χ1v) is 5.99. The smallest absolute Gasteiger partial charge is 0.246 e. The normalized spacial score (nSPS) is 16.4. The van der Waals surface area contributed by atoms with Crippen molar-refractivity contribution >= 4 is 12.0 Å². The summed E-state index contributed by atoms with van der Waals surface area (Å²) in [5, 5.41) is 0. The van der Waals surface area contributed by atoms with Crippen molar-refractivity contribution in [2.75, 3.05) is 13.1 Å². The molecule has 0 radical (unpaired) electrons. The van der Waals surface area contributed by atoms with E-state index in [9.17, 15) is 9.18 Å². The highest BCUT2D eigenvalue weighted by Crippen LogP contribution is 2.11. The summed E-state index contributed by atoms with van der Waals surface area (Å²) in [7, 11) is 0. The van der Waals surface area contributed by atoms with Crippen LogP contribution in [0, 0.1) is 5.82 Å². The number of carbonyl (C=O) groups is 1. The number of hydrogen-bond donors (Lipinski definition) is 0. The summed E-state index contributed by atoms with van der Waals surface area (Å²) in [4.78, 5) is 13.6. The quantitative estimate of drug-likeness (QED) is 0.719. The number of likely N-dealkylation sites (tertiary alicyclic amines) is 1. The molecule has 1 amide bonds. The van der Waals surface area contributed by atoms with Gasteiger partial charge in [-0.25, -0.2) is 4.39 Å². The number of rotatable bonds is 2. The lowest BCUT2D eigenvalue weighted by atomic mass is 10.1. The van der Waals surface area contributed by atoms with E-state index >= 15 is 0 Å². The SMILES string of the molecule is O=C(/C=C/c1ccccc1F)N1CCCCC1. The number of hydrogen-bond acceptors (Lipinski definition) is 1. The van der Waals surface area contributed by atoms with Gasteiger partial charge in [0.2, 0.25) is 5.91 Å². The molecular weight excluding hydrogens is 217 g/mol. The summed E-state index contributed by atoms with van der Waals surface area (Å²) in [6.07, 6.45) is 6.34. The second-order valence-electron chi connectivity index (χ2n) is 4.24. The van der Waals surface area contributed by atoms with Crippen LogP contribution >= 0.6 is 0 Å². The van der Waals surface area contributed by atoms with Gasteiger partial charge in [0.15, 0.2) is 0 Å². The third kappa shape index (κ3) is 3.16. The van der Waals surface area contributed by atoms with Crippen molar-refractivity contribution in [1.29, 1.82) is 0 Å². The molecule has 0 bridgehead atoms. The van der Waals surface area contributed by atoms with Crippen molar-refractivity contribution in [2.45, 2.75) is 19.3 Å². The van der Waals surface area contributed by atoms with E-state index in [-0.39, 0.29) is 11.7 Å². The molecule has 1 aromatic carbocycles.